The molecule has 3 N–H and O–H groups in total. The molecule has 4 aromatic rings. The molecule has 0 aliphatic rings. The number of nitrogens with two attached hydrogens (primary N) is 1. The second-order valence-electron chi connectivity index (χ2n) is 10.1. The number of nitrogens with one attached hydrogen (secondary N) is 1. The number of anilines is 1. The molecule has 0 bridgehead atoms. The quantitative estimate of drug-likeness (QED) is 0.114. The minimum absolute atomic E-state index is 0.0880. The summed E-state index contributed by atoms with van der Waals surface area (Å²) in [6.07, 6.45) is 5.16. The fraction of sp³-hybridized carbons (Fsp3) is 0.324. The minimum Gasteiger partial charge on any atom is -0.493 e. The molecule has 4 rings (SSSR count). The number of pyridine rings is 1. The van der Waals surface area contributed by atoms with Crippen molar-refractivity contribution in [2.24, 2.45) is 5.73 Å². The predicted octanol–water partition coefficient (Wildman–Crippen LogP) is 6.90. The molecular weight excluding hydrogens is 546 g/mol. The van der Waals surface area contributed by atoms with Crippen molar-refractivity contribution in [3.63, 3.8) is 0 Å². The molecular formula is C34H39N3O6. The van der Waals surface area contributed by atoms with Crippen LogP contribution in [0.25, 0.3) is 10.9 Å². The minimum atomic E-state index is -0.691. The van der Waals surface area contributed by atoms with Crippen molar-refractivity contribution in [3.8, 4) is 23.0 Å². The first-order valence-electron chi connectivity index (χ1n) is 14.6. The molecule has 9 heteroatoms. The van der Waals surface area contributed by atoms with E-state index in [1.165, 1.54) is 0 Å². The summed E-state index contributed by atoms with van der Waals surface area (Å²) in [4.78, 5) is 29.2. The van der Waals surface area contributed by atoms with Crippen molar-refractivity contribution in [1.29, 1.82) is 0 Å². The van der Waals surface area contributed by atoms with E-state index in [2.05, 4.69) is 17.2 Å². The topological polar surface area (TPSA) is 122 Å². The average Bonchev–Trinajstić information content (AvgIpc) is 3.03. The molecule has 0 aliphatic heterocycles. The van der Waals surface area contributed by atoms with Crippen LogP contribution < -0.4 is 25.3 Å². The van der Waals surface area contributed by atoms with Gasteiger partial charge in [-0.1, -0.05) is 38.5 Å². The number of amides is 1. The summed E-state index contributed by atoms with van der Waals surface area (Å²) < 4.78 is 23.3. The van der Waals surface area contributed by atoms with E-state index in [0.29, 0.717) is 59.2 Å². The van der Waals surface area contributed by atoms with Crippen LogP contribution in [-0.2, 0) is 9.53 Å². The summed E-state index contributed by atoms with van der Waals surface area (Å²) in [5.74, 6) is 1.69. The molecule has 9 nitrogen and oxygen atoms in total. The summed E-state index contributed by atoms with van der Waals surface area (Å²) in [7, 11) is 1.57. The van der Waals surface area contributed by atoms with E-state index in [0.717, 1.165) is 24.6 Å². The number of benzene rings is 3. The van der Waals surface area contributed by atoms with E-state index >= 15 is 0 Å². The van der Waals surface area contributed by atoms with E-state index in [1.807, 2.05) is 31.2 Å². The molecule has 0 saturated heterocycles. The summed E-state index contributed by atoms with van der Waals surface area (Å²) in [6, 6.07) is 20.9. The summed E-state index contributed by atoms with van der Waals surface area (Å²) in [5.41, 5.74) is 7.97. The van der Waals surface area contributed by atoms with Gasteiger partial charge in [0.1, 0.15) is 23.6 Å². The third kappa shape index (κ3) is 8.68. The average molecular weight is 586 g/mol. The summed E-state index contributed by atoms with van der Waals surface area (Å²) >= 11 is 0. The summed E-state index contributed by atoms with van der Waals surface area (Å²) in [6.45, 7) is 4.41. The van der Waals surface area contributed by atoms with E-state index in [4.69, 9.17) is 24.7 Å². The van der Waals surface area contributed by atoms with E-state index in [9.17, 15) is 9.59 Å². The molecule has 2 atom stereocenters. The van der Waals surface area contributed by atoms with Gasteiger partial charge in [0, 0.05) is 28.9 Å². The third-order valence-electron chi connectivity index (χ3n) is 6.93. The van der Waals surface area contributed by atoms with Crippen molar-refractivity contribution >= 4 is 28.5 Å². The number of methoxy groups -OCH3 is 1. The van der Waals surface area contributed by atoms with Crippen LogP contribution in [0.1, 0.15) is 56.3 Å². The second-order valence-corrected chi connectivity index (χ2v) is 10.1. The first-order valence-corrected chi connectivity index (χ1v) is 14.6. The van der Waals surface area contributed by atoms with Crippen LogP contribution in [0.4, 0.5) is 5.69 Å². The Morgan fingerprint density at radius 2 is 1.70 bits per heavy atom. The van der Waals surface area contributed by atoms with E-state index in [1.54, 1.807) is 61.8 Å². The number of aromatic nitrogens is 1. The smallest absolute Gasteiger partial charge is 0.323 e. The number of rotatable bonds is 15. The van der Waals surface area contributed by atoms with Gasteiger partial charge in [0.05, 0.1) is 19.2 Å². The Kier molecular flexibility index (Phi) is 11.3. The normalized spacial score (nSPS) is 12.3. The zero-order chi connectivity index (χ0) is 30.6. The Bertz CT molecular complexity index is 1490. The van der Waals surface area contributed by atoms with Gasteiger partial charge < -0.3 is 30.0 Å². The van der Waals surface area contributed by atoms with Gasteiger partial charge in [0.25, 0.3) is 5.91 Å². The Labute approximate surface area is 252 Å². The van der Waals surface area contributed by atoms with Crippen LogP contribution >= 0.6 is 0 Å². The molecule has 0 saturated carbocycles. The fourth-order valence-electron chi connectivity index (χ4n) is 4.54. The van der Waals surface area contributed by atoms with Gasteiger partial charge in [-0.3, -0.25) is 14.6 Å². The molecule has 1 amide bonds. The van der Waals surface area contributed by atoms with Crippen LogP contribution in [-0.4, -0.2) is 42.7 Å². The largest absolute Gasteiger partial charge is 0.493 e. The number of nitrogens with zero attached hydrogens (tertiary/aromatic N) is 1. The second kappa shape index (κ2) is 15.6. The van der Waals surface area contributed by atoms with E-state index in [-0.39, 0.29) is 18.0 Å². The van der Waals surface area contributed by atoms with Crippen molar-refractivity contribution < 1.29 is 28.5 Å². The van der Waals surface area contributed by atoms with Gasteiger partial charge in [0.15, 0.2) is 11.5 Å². The van der Waals surface area contributed by atoms with Crippen LogP contribution in [0, 0.1) is 0 Å². The van der Waals surface area contributed by atoms with Crippen molar-refractivity contribution in [3.05, 3.63) is 84.6 Å². The van der Waals surface area contributed by atoms with Crippen LogP contribution in [0.3, 0.4) is 0 Å². The molecule has 43 heavy (non-hydrogen) atoms. The van der Waals surface area contributed by atoms with Crippen LogP contribution in [0.15, 0.2) is 79.0 Å². The van der Waals surface area contributed by atoms with Crippen LogP contribution in [0.2, 0.25) is 0 Å². The molecule has 0 aliphatic carbocycles. The molecule has 0 radical (unpaired) electrons. The molecule has 1 unspecified atom stereocenters. The highest BCUT2D eigenvalue weighted by atomic mass is 16.5. The molecule has 1 aromatic heterocycles. The lowest BCUT2D eigenvalue weighted by Crippen LogP contribution is -2.35. The predicted molar refractivity (Wildman–Crippen MR) is 167 cm³/mol. The maximum absolute atomic E-state index is 12.4. The lowest BCUT2D eigenvalue weighted by Gasteiger charge is -2.18. The van der Waals surface area contributed by atoms with Gasteiger partial charge in [-0.25, -0.2) is 0 Å². The molecule has 1 heterocycles. The maximum atomic E-state index is 12.4. The Hall–Kier alpha value is -4.63. The number of carbonyl (C=O) groups excluding carboxylic acids is 2. The highest BCUT2D eigenvalue weighted by Crippen LogP contribution is 2.37. The van der Waals surface area contributed by atoms with Crippen molar-refractivity contribution in [1.82, 2.24) is 4.98 Å². The number of fused-ring (bicyclic) bond motifs is 1. The maximum Gasteiger partial charge on any atom is 0.323 e. The number of ether oxygens (including phenoxy) is 4. The fourth-order valence-corrected chi connectivity index (χ4v) is 4.54. The molecule has 3 aromatic carbocycles. The summed E-state index contributed by atoms with van der Waals surface area (Å²) in [5, 5.41) is 3.63. The zero-order valence-corrected chi connectivity index (χ0v) is 24.9. The Morgan fingerprint density at radius 3 is 2.40 bits per heavy atom. The van der Waals surface area contributed by atoms with Crippen molar-refractivity contribution in [2.75, 3.05) is 19.0 Å². The standard InChI is InChI=1S/C34H39N3O6/c1-4-10-25(5-2)43-34(39)28(35)13-9-20-41-32-22-29-27(21-31(32)40-3)30(18-19-36-29)42-26-16-14-24(15-17-26)37-33(38)23-11-7-6-8-12-23/h6-8,11-12,14-19,21-22,25,28H,4-5,9-10,13,20,35H2,1-3H3,(H,37,38)/t25?,28-/m1/s1. The monoisotopic (exact) mass is 585 g/mol. The van der Waals surface area contributed by atoms with Gasteiger partial charge in [-0.2, -0.15) is 0 Å². The molecule has 0 spiro atoms. The number of carbonyl (C=O) groups is 2. The van der Waals surface area contributed by atoms with Gasteiger partial charge in [0.2, 0.25) is 0 Å². The van der Waals surface area contributed by atoms with Gasteiger partial charge in [-0.15, -0.1) is 0 Å². The van der Waals surface area contributed by atoms with Gasteiger partial charge >= 0.3 is 5.97 Å². The highest BCUT2D eigenvalue weighted by molar-refractivity contribution is 6.04. The van der Waals surface area contributed by atoms with Crippen molar-refractivity contribution in [2.45, 2.75) is 58.1 Å². The molecule has 226 valence electrons. The first kappa shape index (κ1) is 31.3. The number of hydrogen-bond acceptors (Lipinski definition) is 8. The lowest BCUT2D eigenvalue weighted by molar-refractivity contribution is -0.151. The SMILES string of the molecule is CCCC(CC)OC(=O)[C@H](N)CCCOc1cc2nccc(Oc3ccc(NC(=O)c4ccccc4)cc3)c2cc1OC. The van der Waals surface area contributed by atoms with E-state index < -0.39 is 6.04 Å². The van der Waals surface area contributed by atoms with Crippen LogP contribution in [0.5, 0.6) is 23.0 Å². The zero-order valence-electron chi connectivity index (χ0n) is 24.9. The molecule has 0 fully saturated rings. The Balaban J connectivity index is 1.36. The lowest BCUT2D eigenvalue weighted by atomic mass is 10.1. The highest BCUT2D eigenvalue weighted by Gasteiger charge is 2.19. The number of hydrogen-bond donors (Lipinski definition) is 2. The first-order chi connectivity index (χ1) is 20.9. The number of esters is 1. The third-order valence-corrected chi connectivity index (χ3v) is 6.93. The Morgan fingerprint density at radius 1 is 0.930 bits per heavy atom. The van der Waals surface area contributed by atoms with Gasteiger partial charge in [-0.05, 0) is 74.2 Å².